The van der Waals surface area contributed by atoms with Gasteiger partial charge < -0.3 is 10.1 Å². The average molecular weight is 213 g/mol. The maximum Gasteiger partial charge on any atom is 0.330 e. The molecule has 0 fully saturated rings. The first-order valence-corrected chi connectivity index (χ1v) is 5.21. The quantitative estimate of drug-likeness (QED) is 0.412. The van der Waals surface area contributed by atoms with E-state index in [1.807, 2.05) is 20.8 Å². The van der Waals surface area contributed by atoms with Crippen LogP contribution in [0, 0.1) is 0 Å². The second-order valence-corrected chi connectivity index (χ2v) is 3.52. The molecule has 0 aromatic heterocycles. The highest BCUT2D eigenvalue weighted by Crippen LogP contribution is 1.90. The molecule has 0 unspecified atom stereocenters. The normalized spacial score (nSPS) is 10.7. The first-order valence-electron chi connectivity index (χ1n) is 5.21. The Bertz CT molecular complexity index is 234. The van der Waals surface area contributed by atoms with E-state index in [1.54, 1.807) is 0 Å². The molecular formula is C11H19NO3. The van der Waals surface area contributed by atoms with Crippen LogP contribution in [0.15, 0.2) is 12.2 Å². The van der Waals surface area contributed by atoms with Crippen molar-refractivity contribution >= 4 is 11.9 Å². The molecular weight excluding hydrogens is 194 g/mol. The van der Waals surface area contributed by atoms with E-state index in [0.29, 0.717) is 6.61 Å². The molecule has 1 N–H and O–H groups in total. The van der Waals surface area contributed by atoms with Crippen molar-refractivity contribution in [2.75, 3.05) is 6.61 Å². The fraction of sp³-hybridized carbons (Fsp3) is 0.636. The number of hydrogen-bond donors (Lipinski definition) is 1. The molecule has 0 radical (unpaired) electrons. The second-order valence-electron chi connectivity index (χ2n) is 3.52. The van der Waals surface area contributed by atoms with Gasteiger partial charge >= 0.3 is 5.97 Å². The Balaban J connectivity index is 3.74. The van der Waals surface area contributed by atoms with Crippen molar-refractivity contribution in [3.8, 4) is 0 Å². The molecule has 0 saturated heterocycles. The zero-order chi connectivity index (χ0) is 11.7. The van der Waals surface area contributed by atoms with Crippen LogP contribution in [0.25, 0.3) is 0 Å². The Labute approximate surface area is 90.7 Å². The lowest BCUT2D eigenvalue weighted by atomic mass is 10.3. The van der Waals surface area contributed by atoms with Crippen LogP contribution in [-0.4, -0.2) is 24.5 Å². The number of ether oxygens (including phenoxy) is 1. The Morgan fingerprint density at radius 2 is 2.00 bits per heavy atom. The van der Waals surface area contributed by atoms with Gasteiger partial charge in [0.05, 0.1) is 6.61 Å². The minimum atomic E-state index is -0.470. The number of carbonyl (C=O) groups excluding carboxylic acids is 2. The number of amides is 1. The van der Waals surface area contributed by atoms with Crippen molar-refractivity contribution in [2.45, 2.75) is 39.7 Å². The topological polar surface area (TPSA) is 55.4 Å². The monoisotopic (exact) mass is 213 g/mol. The lowest BCUT2D eigenvalue weighted by Gasteiger charge is -2.04. The van der Waals surface area contributed by atoms with Crippen molar-refractivity contribution in [1.29, 1.82) is 0 Å². The molecule has 0 aromatic carbocycles. The van der Waals surface area contributed by atoms with Gasteiger partial charge in [0.2, 0.25) is 5.91 Å². The summed E-state index contributed by atoms with van der Waals surface area (Å²) in [5, 5.41) is 2.63. The highest BCUT2D eigenvalue weighted by atomic mass is 16.5. The van der Waals surface area contributed by atoms with E-state index >= 15 is 0 Å². The summed E-state index contributed by atoms with van der Waals surface area (Å²) in [6.07, 6.45) is 4.16. The molecule has 0 saturated carbocycles. The number of nitrogens with one attached hydrogen (secondary N) is 1. The standard InChI is InChI=1S/C11H19NO3/c1-4-5-8-15-11(14)7-6-10(13)12-9(2)3/h6-7,9H,4-5,8H2,1-3H3,(H,12,13)/b7-6-. The van der Waals surface area contributed by atoms with Gasteiger partial charge in [-0.3, -0.25) is 4.79 Å². The molecule has 0 bridgehead atoms. The van der Waals surface area contributed by atoms with Crippen molar-refractivity contribution < 1.29 is 14.3 Å². The number of esters is 1. The van der Waals surface area contributed by atoms with Crippen LogP contribution in [-0.2, 0) is 14.3 Å². The summed E-state index contributed by atoms with van der Waals surface area (Å²) in [6.45, 7) is 6.13. The lowest BCUT2D eigenvalue weighted by molar-refractivity contribution is -0.138. The van der Waals surface area contributed by atoms with Gasteiger partial charge in [-0.25, -0.2) is 4.79 Å². The Kier molecular flexibility index (Phi) is 7.32. The first-order chi connectivity index (χ1) is 7.06. The molecule has 15 heavy (non-hydrogen) atoms. The summed E-state index contributed by atoms with van der Waals surface area (Å²) in [6, 6.07) is 0.0678. The highest BCUT2D eigenvalue weighted by molar-refractivity contribution is 5.94. The third-order valence-corrected chi connectivity index (χ3v) is 1.54. The molecule has 0 aliphatic rings. The van der Waals surface area contributed by atoms with Crippen LogP contribution >= 0.6 is 0 Å². The lowest BCUT2D eigenvalue weighted by Crippen LogP contribution is -2.28. The minimum absolute atomic E-state index is 0.0678. The Hall–Kier alpha value is -1.32. The zero-order valence-electron chi connectivity index (χ0n) is 9.58. The van der Waals surface area contributed by atoms with Gasteiger partial charge in [-0.1, -0.05) is 13.3 Å². The molecule has 0 heterocycles. The van der Waals surface area contributed by atoms with E-state index in [2.05, 4.69) is 5.32 Å². The number of unbranched alkanes of at least 4 members (excludes halogenated alkanes) is 1. The van der Waals surface area contributed by atoms with Crippen LogP contribution in [0.3, 0.4) is 0 Å². The van der Waals surface area contributed by atoms with Gasteiger partial charge in [0, 0.05) is 18.2 Å². The number of carbonyl (C=O) groups is 2. The molecule has 0 aromatic rings. The third-order valence-electron chi connectivity index (χ3n) is 1.54. The van der Waals surface area contributed by atoms with Crippen molar-refractivity contribution in [3.63, 3.8) is 0 Å². The minimum Gasteiger partial charge on any atom is -0.463 e. The molecule has 4 nitrogen and oxygen atoms in total. The highest BCUT2D eigenvalue weighted by Gasteiger charge is 2.00. The van der Waals surface area contributed by atoms with E-state index in [4.69, 9.17) is 4.74 Å². The third kappa shape index (κ3) is 9.00. The van der Waals surface area contributed by atoms with Gasteiger partial charge in [0.15, 0.2) is 0 Å². The summed E-state index contributed by atoms with van der Waals surface area (Å²) < 4.78 is 4.83. The summed E-state index contributed by atoms with van der Waals surface area (Å²) in [4.78, 5) is 22.1. The van der Waals surface area contributed by atoms with Crippen molar-refractivity contribution in [2.24, 2.45) is 0 Å². The van der Waals surface area contributed by atoms with E-state index in [1.165, 1.54) is 6.08 Å². The van der Waals surface area contributed by atoms with Crippen LogP contribution in [0.5, 0.6) is 0 Å². The summed E-state index contributed by atoms with van der Waals surface area (Å²) in [5.74, 6) is -0.750. The molecule has 1 amide bonds. The SMILES string of the molecule is CCCCOC(=O)/C=C\C(=O)NC(C)C. The zero-order valence-corrected chi connectivity index (χ0v) is 9.58. The van der Waals surface area contributed by atoms with Gasteiger partial charge in [-0.2, -0.15) is 0 Å². The molecule has 0 aliphatic heterocycles. The van der Waals surface area contributed by atoms with Crippen molar-refractivity contribution in [1.82, 2.24) is 5.32 Å². The maximum atomic E-state index is 11.1. The molecule has 4 heteroatoms. The van der Waals surface area contributed by atoms with Crippen LogP contribution in [0.2, 0.25) is 0 Å². The average Bonchev–Trinajstić information content (AvgIpc) is 2.14. The van der Waals surface area contributed by atoms with Gasteiger partial charge in [0.1, 0.15) is 0 Å². The summed E-state index contributed by atoms with van der Waals surface area (Å²) in [5.41, 5.74) is 0. The first kappa shape index (κ1) is 13.7. The van der Waals surface area contributed by atoms with Crippen LogP contribution in [0.1, 0.15) is 33.6 Å². The smallest absolute Gasteiger partial charge is 0.330 e. The molecule has 0 spiro atoms. The molecule has 0 aliphatic carbocycles. The van der Waals surface area contributed by atoms with E-state index in [-0.39, 0.29) is 11.9 Å². The second kappa shape index (κ2) is 8.03. The van der Waals surface area contributed by atoms with E-state index in [0.717, 1.165) is 18.9 Å². The Morgan fingerprint density at radius 3 is 2.53 bits per heavy atom. The molecule has 86 valence electrons. The predicted molar refractivity (Wildman–Crippen MR) is 58.3 cm³/mol. The number of hydrogen-bond acceptors (Lipinski definition) is 3. The van der Waals surface area contributed by atoms with Crippen molar-refractivity contribution in [3.05, 3.63) is 12.2 Å². The fourth-order valence-corrected chi connectivity index (χ4v) is 0.842. The molecule has 0 atom stereocenters. The van der Waals surface area contributed by atoms with Crippen LogP contribution < -0.4 is 5.32 Å². The molecule has 0 rings (SSSR count). The summed E-state index contributed by atoms with van der Waals surface area (Å²) >= 11 is 0. The van der Waals surface area contributed by atoms with E-state index in [9.17, 15) is 9.59 Å². The van der Waals surface area contributed by atoms with Gasteiger partial charge in [-0.15, -0.1) is 0 Å². The van der Waals surface area contributed by atoms with E-state index < -0.39 is 5.97 Å². The predicted octanol–water partition coefficient (Wildman–Crippen LogP) is 1.41. The van der Waals surface area contributed by atoms with Crippen LogP contribution in [0.4, 0.5) is 0 Å². The summed E-state index contributed by atoms with van der Waals surface area (Å²) in [7, 11) is 0. The Morgan fingerprint density at radius 1 is 1.33 bits per heavy atom. The maximum absolute atomic E-state index is 11.1. The number of rotatable bonds is 6. The fourth-order valence-electron chi connectivity index (χ4n) is 0.842. The van der Waals surface area contributed by atoms with Gasteiger partial charge in [-0.05, 0) is 20.3 Å². The van der Waals surface area contributed by atoms with Gasteiger partial charge in [0.25, 0.3) is 0 Å². The largest absolute Gasteiger partial charge is 0.463 e.